The second-order valence-corrected chi connectivity index (χ2v) is 5.59. The third-order valence-electron chi connectivity index (χ3n) is 3.41. The Hall–Kier alpha value is -0.340. The van der Waals surface area contributed by atoms with Crippen molar-refractivity contribution < 1.29 is 0 Å². The Morgan fingerprint density at radius 1 is 1.47 bits per heavy atom. The minimum absolute atomic E-state index is 0.664. The topological polar surface area (TPSA) is 12.0 Å². The predicted octanol–water partition coefficient (Wildman–Crippen LogP) is 3.46. The molecule has 0 saturated heterocycles. The normalized spacial score (nSPS) is 17.9. The molecule has 0 unspecified atom stereocenters. The van der Waals surface area contributed by atoms with Crippen molar-refractivity contribution in [1.29, 1.82) is 0 Å². The SMILES string of the molecule is CCCNCC1(CCc2ccsc2)CC1. The summed E-state index contributed by atoms with van der Waals surface area (Å²) in [5, 5.41) is 8.04. The zero-order valence-corrected chi connectivity index (χ0v) is 10.4. The van der Waals surface area contributed by atoms with Crippen LogP contribution in [-0.2, 0) is 6.42 Å². The summed E-state index contributed by atoms with van der Waals surface area (Å²) in [6, 6.07) is 2.26. The Morgan fingerprint density at radius 2 is 2.33 bits per heavy atom. The number of hydrogen-bond acceptors (Lipinski definition) is 2. The lowest BCUT2D eigenvalue weighted by Crippen LogP contribution is -2.25. The first kappa shape index (κ1) is 11.2. The molecule has 1 saturated carbocycles. The largest absolute Gasteiger partial charge is 0.316 e. The molecule has 0 aromatic carbocycles. The van der Waals surface area contributed by atoms with Crippen LogP contribution in [-0.4, -0.2) is 13.1 Å². The molecule has 0 amide bonds. The zero-order chi connectivity index (χ0) is 10.6. The molecule has 1 aliphatic carbocycles. The summed E-state index contributed by atoms with van der Waals surface area (Å²) in [5.74, 6) is 0. The van der Waals surface area contributed by atoms with E-state index in [0.717, 1.165) is 0 Å². The van der Waals surface area contributed by atoms with Gasteiger partial charge in [-0.1, -0.05) is 6.92 Å². The first-order chi connectivity index (χ1) is 7.35. The van der Waals surface area contributed by atoms with Crippen LogP contribution in [0.5, 0.6) is 0 Å². The van der Waals surface area contributed by atoms with E-state index in [1.165, 1.54) is 50.8 Å². The summed E-state index contributed by atoms with van der Waals surface area (Å²) >= 11 is 1.82. The van der Waals surface area contributed by atoms with E-state index in [-0.39, 0.29) is 0 Å². The molecule has 1 aromatic heterocycles. The third kappa shape index (κ3) is 3.32. The van der Waals surface area contributed by atoms with Gasteiger partial charge in [0.05, 0.1) is 0 Å². The maximum atomic E-state index is 3.57. The van der Waals surface area contributed by atoms with E-state index in [4.69, 9.17) is 0 Å². The molecule has 2 rings (SSSR count). The van der Waals surface area contributed by atoms with Gasteiger partial charge in [-0.15, -0.1) is 0 Å². The van der Waals surface area contributed by atoms with Crippen molar-refractivity contribution in [1.82, 2.24) is 5.32 Å². The molecular weight excluding hydrogens is 202 g/mol. The summed E-state index contributed by atoms with van der Waals surface area (Å²) < 4.78 is 0. The fraction of sp³-hybridized carbons (Fsp3) is 0.692. The molecule has 15 heavy (non-hydrogen) atoms. The van der Waals surface area contributed by atoms with Gasteiger partial charge in [0.15, 0.2) is 0 Å². The molecule has 1 nitrogen and oxygen atoms in total. The van der Waals surface area contributed by atoms with E-state index in [9.17, 15) is 0 Å². The first-order valence-electron chi connectivity index (χ1n) is 6.06. The molecule has 1 fully saturated rings. The fourth-order valence-electron chi connectivity index (χ4n) is 2.07. The van der Waals surface area contributed by atoms with Crippen LogP contribution in [0.3, 0.4) is 0 Å². The minimum Gasteiger partial charge on any atom is -0.316 e. The molecule has 2 heteroatoms. The van der Waals surface area contributed by atoms with Crippen LogP contribution in [0.15, 0.2) is 16.8 Å². The molecule has 0 atom stereocenters. The quantitative estimate of drug-likeness (QED) is 0.698. The molecule has 1 aliphatic rings. The highest BCUT2D eigenvalue weighted by Crippen LogP contribution is 2.48. The minimum atomic E-state index is 0.664. The second kappa shape index (κ2) is 5.13. The number of rotatable bonds is 7. The van der Waals surface area contributed by atoms with Gasteiger partial charge >= 0.3 is 0 Å². The fourth-order valence-corrected chi connectivity index (χ4v) is 2.77. The third-order valence-corrected chi connectivity index (χ3v) is 4.14. The summed E-state index contributed by atoms with van der Waals surface area (Å²) in [6.07, 6.45) is 6.78. The predicted molar refractivity (Wildman–Crippen MR) is 67.5 cm³/mol. The van der Waals surface area contributed by atoms with Gasteiger partial charge in [-0.05, 0) is 66.5 Å². The number of thiophene rings is 1. The number of hydrogen-bond donors (Lipinski definition) is 1. The van der Waals surface area contributed by atoms with Gasteiger partial charge in [-0.2, -0.15) is 11.3 Å². The lowest BCUT2D eigenvalue weighted by molar-refractivity contribution is 0.427. The summed E-state index contributed by atoms with van der Waals surface area (Å²) in [7, 11) is 0. The Bertz CT molecular complexity index is 275. The van der Waals surface area contributed by atoms with E-state index in [1.54, 1.807) is 0 Å². The van der Waals surface area contributed by atoms with Gasteiger partial charge in [-0.25, -0.2) is 0 Å². The van der Waals surface area contributed by atoms with Gasteiger partial charge in [0.1, 0.15) is 0 Å². The van der Waals surface area contributed by atoms with Gasteiger partial charge in [0.2, 0.25) is 0 Å². The van der Waals surface area contributed by atoms with E-state index >= 15 is 0 Å². The van der Waals surface area contributed by atoms with Crippen LogP contribution in [0.25, 0.3) is 0 Å². The van der Waals surface area contributed by atoms with Gasteiger partial charge < -0.3 is 5.32 Å². The number of aryl methyl sites for hydroxylation is 1. The molecule has 1 heterocycles. The maximum Gasteiger partial charge on any atom is 0.000792 e. The van der Waals surface area contributed by atoms with Crippen molar-refractivity contribution in [2.45, 2.75) is 39.0 Å². The van der Waals surface area contributed by atoms with Crippen LogP contribution in [0.1, 0.15) is 38.2 Å². The Labute approximate surface area is 96.9 Å². The monoisotopic (exact) mass is 223 g/mol. The lowest BCUT2D eigenvalue weighted by atomic mass is 9.98. The highest BCUT2D eigenvalue weighted by molar-refractivity contribution is 7.07. The molecule has 0 bridgehead atoms. The van der Waals surface area contributed by atoms with Crippen LogP contribution in [0.4, 0.5) is 0 Å². The molecular formula is C13H21NS. The van der Waals surface area contributed by atoms with Crippen LogP contribution >= 0.6 is 11.3 Å². The van der Waals surface area contributed by atoms with Crippen molar-refractivity contribution >= 4 is 11.3 Å². The highest BCUT2D eigenvalue weighted by atomic mass is 32.1. The summed E-state index contributed by atoms with van der Waals surface area (Å²) in [4.78, 5) is 0. The Morgan fingerprint density at radius 3 is 2.93 bits per heavy atom. The molecule has 0 radical (unpaired) electrons. The Balaban J connectivity index is 1.69. The molecule has 0 aliphatic heterocycles. The van der Waals surface area contributed by atoms with E-state index in [0.29, 0.717) is 5.41 Å². The standard InChI is InChI=1S/C13H21NS/c1-2-8-14-11-13(6-7-13)5-3-12-4-9-15-10-12/h4,9-10,14H,2-3,5-8,11H2,1H3. The van der Waals surface area contributed by atoms with Crippen LogP contribution < -0.4 is 5.32 Å². The Kier molecular flexibility index (Phi) is 3.81. The zero-order valence-electron chi connectivity index (χ0n) is 9.59. The van der Waals surface area contributed by atoms with Gasteiger partial charge in [0.25, 0.3) is 0 Å². The average Bonchev–Trinajstić information content (AvgIpc) is 2.82. The van der Waals surface area contributed by atoms with E-state index in [1.807, 2.05) is 11.3 Å². The van der Waals surface area contributed by atoms with Gasteiger partial charge in [-0.3, -0.25) is 0 Å². The molecule has 1 aromatic rings. The summed E-state index contributed by atoms with van der Waals surface area (Å²) in [6.45, 7) is 4.66. The summed E-state index contributed by atoms with van der Waals surface area (Å²) in [5.41, 5.74) is 2.19. The maximum absolute atomic E-state index is 3.57. The molecule has 0 spiro atoms. The van der Waals surface area contributed by atoms with Crippen molar-refractivity contribution in [2.24, 2.45) is 5.41 Å². The lowest BCUT2D eigenvalue weighted by Gasteiger charge is -2.15. The smallest absolute Gasteiger partial charge is 0.000792 e. The van der Waals surface area contributed by atoms with Crippen LogP contribution in [0.2, 0.25) is 0 Å². The van der Waals surface area contributed by atoms with Gasteiger partial charge in [0, 0.05) is 6.54 Å². The average molecular weight is 223 g/mol. The van der Waals surface area contributed by atoms with E-state index < -0.39 is 0 Å². The molecule has 1 N–H and O–H groups in total. The highest BCUT2D eigenvalue weighted by Gasteiger charge is 2.41. The second-order valence-electron chi connectivity index (χ2n) is 4.81. The first-order valence-corrected chi connectivity index (χ1v) is 7.01. The number of nitrogens with one attached hydrogen (secondary N) is 1. The van der Waals surface area contributed by atoms with E-state index in [2.05, 4.69) is 29.1 Å². The molecule has 84 valence electrons. The van der Waals surface area contributed by atoms with Crippen molar-refractivity contribution in [2.75, 3.05) is 13.1 Å². The van der Waals surface area contributed by atoms with Crippen molar-refractivity contribution in [3.8, 4) is 0 Å². The van der Waals surface area contributed by atoms with Crippen LogP contribution in [0, 0.1) is 5.41 Å². The van der Waals surface area contributed by atoms with Crippen molar-refractivity contribution in [3.63, 3.8) is 0 Å². The van der Waals surface area contributed by atoms with Crippen molar-refractivity contribution in [3.05, 3.63) is 22.4 Å².